The highest BCUT2D eigenvalue weighted by atomic mass is 15.2. The van der Waals surface area contributed by atoms with Crippen LogP contribution in [0.2, 0.25) is 0 Å². The summed E-state index contributed by atoms with van der Waals surface area (Å²) in [6.07, 6.45) is 2.58. The summed E-state index contributed by atoms with van der Waals surface area (Å²) in [5, 5.41) is 0. The van der Waals surface area contributed by atoms with Crippen LogP contribution in [-0.4, -0.2) is 23.5 Å². The van der Waals surface area contributed by atoms with E-state index in [1.54, 1.807) is 0 Å². The van der Waals surface area contributed by atoms with Crippen molar-refractivity contribution in [2.75, 3.05) is 13.1 Å². The number of nitrogens with two attached hydrogens (primary N) is 1. The lowest BCUT2D eigenvalue weighted by molar-refractivity contribution is 0.165. The van der Waals surface area contributed by atoms with Gasteiger partial charge in [0.25, 0.3) is 0 Å². The highest BCUT2D eigenvalue weighted by Gasteiger charge is 2.32. The third-order valence-corrected chi connectivity index (χ3v) is 4.16. The molecule has 0 aromatic heterocycles. The van der Waals surface area contributed by atoms with E-state index < -0.39 is 0 Å². The minimum Gasteiger partial charge on any atom is -0.323 e. The van der Waals surface area contributed by atoms with Crippen molar-refractivity contribution in [3.63, 3.8) is 0 Å². The average Bonchev–Trinajstić information content (AvgIpc) is 2.57. The number of nitrogens with zero attached hydrogens (tertiary/aromatic N) is 1. The number of benzene rings is 1. The molecule has 1 heterocycles. The Labute approximate surface area is 111 Å². The Balaban J connectivity index is 2.09. The van der Waals surface area contributed by atoms with Crippen LogP contribution in [0.3, 0.4) is 0 Å². The lowest BCUT2D eigenvalue weighted by Crippen LogP contribution is -2.42. The first-order valence-corrected chi connectivity index (χ1v) is 6.97. The molecule has 1 fully saturated rings. The van der Waals surface area contributed by atoms with Crippen LogP contribution < -0.4 is 5.73 Å². The predicted octanol–water partition coefficient (Wildman–Crippen LogP) is 3.18. The maximum atomic E-state index is 6.39. The monoisotopic (exact) mass is 246 g/mol. The quantitative estimate of drug-likeness (QED) is 0.887. The number of likely N-dealkylation sites (tertiary alicyclic amines) is 1. The van der Waals surface area contributed by atoms with Gasteiger partial charge in [0, 0.05) is 18.1 Å². The zero-order valence-electron chi connectivity index (χ0n) is 12.2. The van der Waals surface area contributed by atoms with Crippen LogP contribution in [0.1, 0.15) is 49.4 Å². The van der Waals surface area contributed by atoms with Crippen molar-refractivity contribution in [3.8, 4) is 0 Å². The van der Waals surface area contributed by atoms with E-state index in [2.05, 4.69) is 50.8 Å². The lowest BCUT2D eigenvalue weighted by Gasteiger charge is -2.33. The molecule has 2 rings (SSSR count). The summed E-state index contributed by atoms with van der Waals surface area (Å²) in [6, 6.07) is 6.78. The van der Waals surface area contributed by atoms with Crippen molar-refractivity contribution in [1.82, 2.24) is 4.90 Å². The Morgan fingerprint density at radius 3 is 2.33 bits per heavy atom. The Hall–Kier alpha value is -0.860. The molecule has 18 heavy (non-hydrogen) atoms. The molecule has 1 unspecified atom stereocenters. The average molecular weight is 246 g/mol. The zero-order valence-corrected chi connectivity index (χ0v) is 12.2. The summed E-state index contributed by atoms with van der Waals surface area (Å²) in [5.74, 6) is 0. The van der Waals surface area contributed by atoms with E-state index in [1.165, 1.54) is 36.1 Å². The molecule has 0 aliphatic carbocycles. The van der Waals surface area contributed by atoms with Crippen molar-refractivity contribution in [2.45, 2.75) is 52.1 Å². The Morgan fingerprint density at radius 1 is 1.22 bits per heavy atom. The number of rotatable bonds is 3. The number of hydrogen-bond donors (Lipinski definition) is 1. The van der Waals surface area contributed by atoms with Gasteiger partial charge in [0.1, 0.15) is 0 Å². The van der Waals surface area contributed by atoms with Crippen LogP contribution in [0.25, 0.3) is 0 Å². The molecule has 1 aromatic rings. The normalized spacial score (nSPS) is 21.2. The summed E-state index contributed by atoms with van der Waals surface area (Å²) in [6.45, 7) is 11.1. The first kappa shape index (κ1) is 13.6. The maximum absolute atomic E-state index is 6.39. The Bertz CT molecular complexity index is 403. The van der Waals surface area contributed by atoms with Gasteiger partial charge in [-0.15, -0.1) is 0 Å². The van der Waals surface area contributed by atoms with Gasteiger partial charge in [-0.25, -0.2) is 0 Å². The van der Waals surface area contributed by atoms with E-state index in [4.69, 9.17) is 5.73 Å². The Morgan fingerprint density at radius 2 is 1.83 bits per heavy atom. The summed E-state index contributed by atoms with van der Waals surface area (Å²) < 4.78 is 0. The molecule has 1 aromatic carbocycles. The van der Waals surface area contributed by atoms with Crippen molar-refractivity contribution in [2.24, 2.45) is 5.73 Å². The lowest BCUT2D eigenvalue weighted by atomic mass is 9.98. The molecule has 2 heteroatoms. The third-order valence-electron chi connectivity index (χ3n) is 4.16. The van der Waals surface area contributed by atoms with E-state index in [0.717, 1.165) is 6.54 Å². The van der Waals surface area contributed by atoms with Crippen LogP contribution >= 0.6 is 0 Å². The molecule has 0 spiro atoms. The standard InChI is InChI=1S/C16H26N2/c1-12-8-13(2)10-14(9-12)15(17)11-18-7-5-6-16(18,3)4/h8-10,15H,5-7,11,17H2,1-4H3. The number of hydrogen-bond acceptors (Lipinski definition) is 2. The SMILES string of the molecule is Cc1cc(C)cc(C(N)CN2CCCC2(C)C)c1. The molecule has 1 aliphatic rings. The Kier molecular flexibility index (Phi) is 3.79. The van der Waals surface area contributed by atoms with Gasteiger partial charge in [0.2, 0.25) is 0 Å². The summed E-state index contributed by atoms with van der Waals surface area (Å²) in [5.41, 5.74) is 10.6. The molecular formula is C16H26N2. The van der Waals surface area contributed by atoms with Gasteiger partial charge in [0.05, 0.1) is 0 Å². The van der Waals surface area contributed by atoms with E-state index in [-0.39, 0.29) is 6.04 Å². The van der Waals surface area contributed by atoms with Gasteiger partial charge in [-0.05, 0) is 52.6 Å². The first-order valence-electron chi connectivity index (χ1n) is 6.97. The van der Waals surface area contributed by atoms with Gasteiger partial charge in [-0.1, -0.05) is 29.3 Å². The fraction of sp³-hybridized carbons (Fsp3) is 0.625. The van der Waals surface area contributed by atoms with Crippen molar-refractivity contribution in [3.05, 3.63) is 34.9 Å². The summed E-state index contributed by atoms with van der Waals surface area (Å²) in [4.78, 5) is 2.54. The summed E-state index contributed by atoms with van der Waals surface area (Å²) in [7, 11) is 0. The van der Waals surface area contributed by atoms with E-state index in [9.17, 15) is 0 Å². The highest BCUT2D eigenvalue weighted by Crippen LogP contribution is 2.29. The predicted molar refractivity (Wildman–Crippen MR) is 77.7 cm³/mol. The zero-order chi connectivity index (χ0) is 13.3. The van der Waals surface area contributed by atoms with Crippen LogP contribution in [0.4, 0.5) is 0 Å². The van der Waals surface area contributed by atoms with Gasteiger partial charge in [-0.2, -0.15) is 0 Å². The summed E-state index contributed by atoms with van der Waals surface area (Å²) >= 11 is 0. The molecule has 0 saturated carbocycles. The molecule has 0 bridgehead atoms. The van der Waals surface area contributed by atoms with Gasteiger partial charge in [0.15, 0.2) is 0 Å². The second kappa shape index (κ2) is 5.02. The van der Waals surface area contributed by atoms with Gasteiger partial charge >= 0.3 is 0 Å². The molecule has 1 saturated heterocycles. The smallest absolute Gasteiger partial charge is 0.0424 e. The van der Waals surface area contributed by atoms with Crippen molar-refractivity contribution < 1.29 is 0 Å². The second-order valence-corrected chi connectivity index (χ2v) is 6.39. The molecule has 2 nitrogen and oxygen atoms in total. The molecule has 1 atom stereocenters. The van der Waals surface area contributed by atoms with Gasteiger partial charge < -0.3 is 5.73 Å². The first-order chi connectivity index (χ1) is 8.38. The molecular weight excluding hydrogens is 220 g/mol. The molecule has 0 amide bonds. The van der Waals surface area contributed by atoms with Crippen LogP contribution in [0.5, 0.6) is 0 Å². The van der Waals surface area contributed by atoms with Gasteiger partial charge in [-0.3, -0.25) is 4.90 Å². The molecule has 0 radical (unpaired) electrons. The topological polar surface area (TPSA) is 29.3 Å². The van der Waals surface area contributed by atoms with Crippen LogP contribution in [0.15, 0.2) is 18.2 Å². The second-order valence-electron chi connectivity index (χ2n) is 6.39. The van der Waals surface area contributed by atoms with Crippen molar-refractivity contribution >= 4 is 0 Å². The van der Waals surface area contributed by atoms with Crippen LogP contribution in [-0.2, 0) is 0 Å². The van der Waals surface area contributed by atoms with Crippen molar-refractivity contribution in [1.29, 1.82) is 0 Å². The fourth-order valence-electron chi connectivity index (χ4n) is 3.07. The fourth-order valence-corrected chi connectivity index (χ4v) is 3.07. The van der Waals surface area contributed by atoms with E-state index in [0.29, 0.717) is 5.54 Å². The highest BCUT2D eigenvalue weighted by molar-refractivity contribution is 5.30. The third kappa shape index (κ3) is 2.93. The largest absolute Gasteiger partial charge is 0.323 e. The molecule has 2 N–H and O–H groups in total. The minimum absolute atomic E-state index is 0.126. The molecule has 100 valence electrons. The van der Waals surface area contributed by atoms with E-state index in [1.807, 2.05) is 0 Å². The number of aryl methyl sites for hydroxylation is 2. The maximum Gasteiger partial charge on any atom is 0.0424 e. The minimum atomic E-state index is 0.126. The van der Waals surface area contributed by atoms with E-state index >= 15 is 0 Å². The molecule has 1 aliphatic heterocycles. The van der Waals surface area contributed by atoms with Crippen LogP contribution in [0, 0.1) is 13.8 Å².